The van der Waals surface area contributed by atoms with Crippen molar-refractivity contribution in [3.8, 4) is 11.5 Å². The average Bonchev–Trinajstić information content (AvgIpc) is 2.48. The van der Waals surface area contributed by atoms with Crippen LogP contribution in [0.25, 0.3) is 0 Å². The quantitative estimate of drug-likeness (QED) is 0.900. The van der Waals surface area contributed by atoms with Crippen molar-refractivity contribution in [3.05, 3.63) is 24.3 Å². The molecule has 1 aliphatic carbocycles. The molecule has 0 unspecified atom stereocenters. The molecule has 0 saturated heterocycles. The lowest BCUT2D eigenvalue weighted by Crippen LogP contribution is -2.43. The lowest BCUT2D eigenvalue weighted by molar-refractivity contribution is -0.124. The van der Waals surface area contributed by atoms with Crippen LogP contribution in [0, 0.1) is 5.92 Å². The van der Waals surface area contributed by atoms with Crippen molar-refractivity contribution < 1.29 is 14.3 Å². The maximum absolute atomic E-state index is 12.0. The summed E-state index contributed by atoms with van der Waals surface area (Å²) in [6.45, 7) is 2.23. The van der Waals surface area contributed by atoms with E-state index in [1.807, 2.05) is 18.2 Å². The van der Waals surface area contributed by atoms with E-state index in [2.05, 4.69) is 12.2 Å². The zero-order valence-corrected chi connectivity index (χ0v) is 12.2. The molecule has 0 radical (unpaired) electrons. The number of para-hydroxylation sites is 2. The molecule has 0 spiro atoms. The minimum absolute atomic E-state index is 0.0313. The van der Waals surface area contributed by atoms with Gasteiger partial charge in [0.1, 0.15) is 0 Å². The Morgan fingerprint density at radius 2 is 1.95 bits per heavy atom. The Bertz CT molecular complexity index is 447. The average molecular weight is 277 g/mol. The second-order valence-electron chi connectivity index (χ2n) is 5.38. The van der Waals surface area contributed by atoms with Crippen molar-refractivity contribution in [1.82, 2.24) is 5.32 Å². The van der Waals surface area contributed by atoms with Crippen molar-refractivity contribution in [2.75, 3.05) is 13.7 Å². The van der Waals surface area contributed by atoms with Crippen LogP contribution in [0.4, 0.5) is 0 Å². The van der Waals surface area contributed by atoms with Gasteiger partial charge in [0.25, 0.3) is 5.91 Å². The molecule has 1 aliphatic rings. The summed E-state index contributed by atoms with van der Waals surface area (Å²) in [5.74, 6) is 1.74. The molecule has 2 atom stereocenters. The lowest BCUT2D eigenvalue weighted by Gasteiger charge is -2.29. The fourth-order valence-electron chi connectivity index (χ4n) is 2.66. The van der Waals surface area contributed by atoms with Gasteiger partial charge in [-0.2, -0.15) is 0 Å². The van der Waals surface area contributed by atoms with Gasteiger partial charge in [0.2, 0.25) is 0 Å². The number of rotatable bonds is 5. The lowest BCUT2D eigenvalue weighted by atomic mass is 9.86. The van der Waals surface area contributed by atoms with E-state index >= 15 is 0 Å². The zero-order chi connectivity index (χ0) is 14.4. The Balaban J connectivity index is 1.82. The normalized spacial score (nSPS) is 22.1. The van der Waals surface area contributed by atoms with Crippen molar-refractivity contribution in [1.29, 1.82) is 0 Å². The third kappa shape index (κ3) is 3.89. The summed E-state index contributed by atoms with van der Waals surface area (Å²) in [5, 5.41) is 3.07. The van der Waals surface area contributed by atoms with Crippen LogP contribution >= 0.6 is 0 Å². The van der Waals surface area contributed by atoms with Crippen LogP contribution < -0.4 is 14.8 Å². The monoisotopic (exact) mass is 277 g/mol. The van der Waals surface area contributed by atoms with Gasteiger partial charge in [-0.25, -0.2) is 0 Å². The van der Waals surface area contributed by atoms with Crippen LogP contribution in [0.15, 0.2) is 24.3 Å². The largest absolute Gasteiger partial charge is 0.493 e. The molecule has 1 amide bonds. The molecule has 1 saturated carbocycles. The second-order valence-corrected chi connectivity index (χ2v) is 5.38. The van der Waals surface area contributed by atoms with E-state index in [4.69, 9.17) is 9.47 Å². The SMILES string of the molecule is COc1ccccc1OCC(=O)N[C@@H]1CCCC[C@H]1C. The van der Waals surface area contributed by atoms with Crippen molar-refractivity contribution in [3.63, 3.8) is 0 Å². The number of benzene rings is 1. The smallest absolute Gasteiger partial charge is 0.258 e. The first kappa shape index (κ1) is 14.7. The van der Waals surface area contributed by atoms with Crippen molar-refractivity contribution in [2.24, 2.45) is 5.92 Å². The Hall–Kier alpha value is -1.71. The number of amides is 1. The predicted molar refractivity (Wildman–Crippen MR) is 78.1 cm³/mol. The van der Waals surface area contributed by atoms with Crippen LogP contribution in [0.3, 0.4) is 0 Å². The number of carbonyl (C=O) groups is 1. The van der Waals surface area contributed by atoms with Crippen molar-refractivity contribution >= 4 is 5.91 Å². The number of carbonyl (C=O) groups excluding carboxylic acids is 1. The highest BCUT2D eigenvalue weighted by atomic mass is 16.5. The van der Waals surface area contributed by atoms with E-state index in [1.54, 1.807) is 13.2 Å². The van der Waals surface area contributed by atoms with Gasteiger partial charge in [0, 0.05) is 6.04 Å². The number of ether oxygens (including phenoxy) is 2. The van der Waals surface area contributed by atoms with Gasteiger partial charge in [-0.3, -0.25) is 4.79 Å². The summed E-state index contributed by atoms with van der Waals surface area (Å²) >= 11 is 0. The van der Waals surface area contributed by atoms with Crippen LogP contribution in [0.5, 0.6) is 11.5 Å². The van der Waals surface area contributed by atoms with E-state index < -0.39 is 0 Å². The number of hydrogen-bond acceptors (Lipinski definition) is 3. The minimum atomic E-state index is -0.0605. The standard InChI is InChI=1S/C16H23NO3/c1-12-7-3-4-8-13(12)17-16(18)11-20-15-10-6-5-9-14(15)19-2/h5-6,9-10,12-13H,3-4,7-8,11H2,1-2H3,(H,17,18)/t12-,13-/m1/s1. The second kappa shape index (κ2) is 7.17. The summed E-state index contributed by atoms with van der Waals surface area (Å²) < 4.78 is 10.7. The summed E-state index contributed by atoms with van der Waals surface area (Å²) in [6.07, 6.45) is 4.73. The predicted octanol–water partition coefficient (Wildman–Crippen LogP) is 2.77. The Morgan fingerprint density at radius 1 is 1.25 bits per heavy atom. The fourth-order valence-corrected chi connectivity index (χ4v) is 2.66. The van der Waals surface area contributed by atoms with E-state index in [-0.39, 0.29) is 18.6 Å². The molecule has 0 heterocycles. The first-order valence-electron chi connectivity index (χ1n) is 7.26. The number of hydrogen-bond donors (Lipinski definition) is 1. The summed E-state index contributed by atoms with van der Waals surface area (Å²) in [7, 11) is 1.59. The molecular formula is C16H23NO3. The fraction of sp³-hybridized carbons (Fsp3) is 0.562. The van der Waals surface area contributed by atoms with E-state index in [1.165, 1.54) is 19.3 Å². The van der Waals surface area contributed by atoms with E-state index in [9.17, 15) is 4.79 Å². The maximum atomic E-state index is 12.0. The first-order chi connectivity index (χ1) is 9.70. The highest BCUT2D eigenvalue weighted by Crippen LogP contribution is 2.26. The molecule has 4 heteroatoms. The van der Waals surface area contributed by atoms with Crippen LogP contribution in [-0.2, 0) is 4.79 Å². The molecule has 20 heavy (non-hydrogen) atoms. The topological polar surface area (TPSA) is 47.6 Å². The summed E-state index contributed by atoms with van der Waals surface area (Å²) in [4.78, 5) is 12.0. The Morgan fingerprint density at radius 3 is 2.65 bits per heavy atom. The number of nitrogens with one attached hydrogen (secondary N) is 1. The minimum Gasteiger partial charge on any atom is -0.493 e. The third-order valence-corrected chi connectivity index (χ3v) is 3.89. The van der Waals surface area contributed by atoms with Crippen LogP contribution in [0.2, 0.25) is 0 Å². The molecule has 4 nitrogen and oxygen atoms in total. The van der Waals surface area contributed by atoms with Gasteiger partial charge >= 0.3 is 0 Å². The third-order valence-electron chi connectivity index (χ3n) is 3.89. The molecule has 1 fully saturated rings. The van der Waals surface area contributed by atoms with Gasteiger partial charge in [-0.05, 0) is 30.9 Å². The highest BCUT2D eigenvalue weighted by molar-refractivity contribution is 5.78. The zero-order valence-electron chi connectivity index (χ0n) is 12.2. The summed E-state index contributed by atoms with van der Waals surface area (Å²) in [6, 6.07) is 7.64. The van der Waals surface area contributed by atoms with E-state index in [0.717, 1.165) is 6.42 Å². The first-order valence-corrected chi connectivity index (χ1v) is 7.26. The molecule has 0 aliphatic heterocycles. The molecule has 0 aromatic heterocycles. The van der Waals surface area contributed by atoms with Crippen molar-refractivity contribution in [2.45, 2.75) is 38.6 Å². The van der Waals surface area contributed by atoms with Gasteiger partial charge in [0.05, 0.1) is 7.11 Å². The van der Waals surface area contributed by atoms with Gasteiger partial charge in [-0.1, -0.05) is 31.9 Å². The molecule has 0 bridgehead atoms. The highest BCUT2D eigenvalue weighted by Gasteiger charge is 2.22. The van der Waals surface area contributed by atoms with Crippen LogP contribution in [0.1, 0.15) is 32.6 Å². The van der Waals surface area contributed by atoms with E-state index in [0.29, 0.717) is 17.4 Å². The molecule has 2 rings (SSSR count). The van der Waals surface area contributed by atoms with Gasteiger partial charge in [0.15, 0.2) is 18.1 Å². The molecule has 1 aromatic rings. The Labute approximate surface area is 120 Å². The molecule has 1 N–H and O–H groups in total. The molecular weight excluding hydrogens is 254 g/mol. The van der Waals surface area contributed by atoms with Crippen LogP contribution in [-0.4, -0.2) is 25.7 Å². The van der Waals surface area contributed by atoms with Gasteiger partial charge in [-0.15, -0.1) is 0 Å². The number of methoxy groups -OCH3 is 1. The van der Waals surface area contributed by atoms with Gasteiger partial charge < -0.3 is 14.8 Å². The maximum Gasteiger partial charge on any atom is 0.258 e. The molecule has 110 valence electrons. The summed E-state index contributed by atoms with van der Waals surface area (Å²) in [5.41, 5.74) is 0. The molecule has 1 aromatic carbocycles. The Kier molecular flexibility index (Phi) is 5.27.